The first-order valence-electron chi connectivity index (χ1n) is 8.42. The molecule has 0 aliphatic heterocycles. The van der Waals surface area contributed by atoms with E-state index in [0.717, 1.165) is 30.9 Å². The average molecular weight is 343 g/mol. The predicted molar refractivity (Wildman–Crippen MR) is 95.0 cm³/mol. The molecule has 2 heterocycles. The fourth-order valence-electron chi connectivity index (χ4n) is 3.54. The number of benzene rings is 1. The van der Waals surface area contributed by atoms with Crippen molar-refractivity contribution < 1.29 is 0 Å². The summed E-state index contributed by atoms with van der Waals surface area (Å²) in [4.78, 5) is 22.3. The molecule has 0 spiro atoms. The van der Waals surface area contributed by atoms with E-state index >= 15 is 0 Å². The molecule has 1 aliphatic carbocycles. The number of hydrogen-bond donors (Lipinski definition) is 0. The normalized spacial score (nSPS) is 15.4. The van der Waals surface area contributed by atoms with E-state index in [4.69, 9.17) is 16.6 Å². The Morgan fingerprint density at radius 1 is 1.21 bits per heavy atom. The van der Waals surface area contributed by atoms with Crippen LogP contribution in [0.15, 0.2) is 35.4 Å². The maximum absolute atomic E-state index is 13.1. The third-order valence-corrected chi connectivity index (χ3v) is 5.06. The highest BCUT2D eigenvalue weighted by Gasteiger charge is 2.25. The minimum Gasteiger partial charge on any atom is -0.315 e. The Morgan fingerprint density at radius 3 is 2.58 bits per heavy atom. The van der Waals surface area contributed by atoms with Gasteiger partial charge in [0.2, 0.25) is 0 Å². The van der Waals surface area contributed by atoms with Crippen molar-refractivity contribution in [2.45, 2.75) is 45.1 Å². The number of imidazole rings is 1. The minimum atomic E-state index is -0.101. The van der Waals surface area contributed by atoms with E-state index in [0.29, 0.717) is 22.1 Å². The number of nitrogens with zero attached hydrogens (tertiary/aromatic N) is 4. The molecule has 4 rings (SSSR count). The Balaban J connectivity index is 2.02. The van der Waals surface area contributed by atoms with Crippen molar-refractivity contribution in [2.24, 2.45) is 0 Å². The smallest absolute Gasteiger partial charge is 0.286 e. The van der Waals surface area contributed by atoms with Gasteiger partial charge in [-0.05, 0) is 44.0 Å². The summed E-state index contributed by atoms with van der Waals surface area (Å²) in [5.74, 6) is 1.17. The molecule has 2 aromatic heterocycles. The molecule has 0 radical (unpaired) electrons. The van der Waals surface area contributed by atoms with Crippen molar-refractivity contribution in [3.05, 3.63) is 51.8 Å². The molecule has 3 aromatic rings. The van der Waals surface area contributed by atoms with Gasteiger partial charge in [-0.25, -0.2) is 9.97 Å². The van der Waals surface area contributed by atoms with Crippen molar-refractivity contribution in [1.82, 2.24) is 19.1 Å². The number of aryl methyl sites for hydroxylation is 1. The maximum atomic E-state index is 13.1. The molecule has 5 nitrogen and oxygen atoms in total. The molecule has 0 saturated heterocycles. The molecule has 0 amide bonds. The minimum absolute atomic E-state index is 0.101. The van der Waals surface area contributed by atoms with Gasteiger partial charge in [-0.2, -0.15) is 0 Å². The molecule has 1 aliphatic rings. The number of aromatic nitrogens is 4. The van der Waals surface area contributed by atoms with Crippen molar-refractivity contribution >= 4 is 22.8 Å². The zero-order valence-corrected chi connectivity index (χ0v) is 14.3. The second-order valence-electron chi connectivity index (χ2n) is 6.27. The van der Waals surface area contributed by atoms with E-state index in [1.807, 2.05) is 23.6 Å². The van der Waals surface area contributed by atoms with Gasteiger partial charge in [-0.3, -0.25) is 9.36 Å². The number of rotatable bonds is 3. The molecule has 1 fully saturated rings. The van der Waals surface area contributed by atoms with Crippen LogP contribution >= 0.6 is 11.6 Å². The highest BCUT2D eigenvalue weighted by Crippen LogP contribution is 2.34. The summed E-state index contributed by atoms with van der Waals surface area (Å²) in [7, 11) is 0. The summed E-state index contributed by atoms with van der Waals surface area (Å²) in [5, 5.41) is 0.651. The summed E-state index contributed by atoms with van der Waals surface area (Å²) >= 11 is 6.00. The lowest BCUT2D eigenvalue weighted by molar-refractivity contribution is 0.634. The Kier molecular flexibility index (Phi) is 3.88. The molecular weight excluding hydrogens is 324 g/mol. The van der Waals surface area contributed by atoms with Gasteiger partial charge in [0.15, 0.2) is 11.2 Å². The SMILES string of the molecule is CCn1cnc2c(=O)n(-c3ccc(Cl)cc3)c(C3CCCC3)nc21. The zero-order chi connectivity index (χ0) is 16.7. The van der Waals surface area contributed by atoms with Crippen LogP contribution in [-0.2, 0) is 6.54 Å². The molecule has 1 aromatic carbocycles. The molecule has 0 bridgehead atoms. The van der Waals surface area contributed by atoms with Crippen LogP contribution in [0.3, 0.4) is 0 Å². The fraction of sp³-hybridized carbons (Fsp3) is 0.389. The Labute approximate surface area is 144 Å². The fourth-order valence-corrected chi connectivity index (χ4v) is 3.67. The summed E-state index contributed by atoms with van der Waals surface area (Å²) in [6, 6.07) is 7.34. The van der Waals surface area contributed by atoms with Crippen LogP contribution in [-0.4, -0.2) is 19.1 Å². The standard InChI is InChI=1S/C18H19ClN4O/c1-2-22-11-20-15-17(22)21-16(12-5-3-4-6-12)23(18(15)24)14-9-7-13(19)8-10-14/h7-12H,2-6H2,1H3. The summed E-state index contributed by atoms with van der Waals surface area (Å²) in [5.41, 5.74) is 1.81. The van der Waals surface area contributed by atoms with Gasteiger partial charge in [0, 0.05) is 17.5 Å². The molecule has 1 saturated carbocycles. The first-order valence-corrected chi connectivity index (χ1v) is 8.80. The molecule has 0 atom stereocenters. The highest BCUT2D eigenvalue weighted by molar-refractivity contribution is 6.30. The number of halogens is 1. The Bertz CT molecular complexity index is 936. The molecule has 124 valence electrons. The predicted octanol–water partition coefficient (Wildman–Crippen LogP) is 3.91. The van der Waals surface area contributed by atoms with Crippen LogP contribution < -0.4 is 5.56 Å². The average Bonchev–Trinajstić information content (AvgIpc) is 3.25. The Hall–Kier alpha value is -2.14. The topological polar surface area (TPSA) is 52.7 Å². The van der Waals surface area contributed by atoms with Crippen LogP contribution in [0.5, 0.6) is 0 Å². The second-order valence-corrected chi connectivity index (χ2v) is 6.71. The van der Waals surface area contributed by atoms with E-state index in [9.17, 15) is 4.79 Å². The van der Waals surface area contributed by atoms with Gasteiger partial charge in [-0.1, -0.05) is 24.4 Å². The monoisotopic (exact) mass is 342 g/mol. The van der Waals surface area contributed by atoms with E-state index in [1.165, 1.54) is 12.8 Å². The zero-order valence-electron chi connectivity index (χ0n) is 13.6. The van der Waals surface area contributed by atoms with Crippen molar-refractivity contribution in [1.29, 1.82) is 0 Å². The van der Waals surface area contributed by atoms with E-state index in [2.05, 4.69) is 4.98 Å². The van der Waals surface area contributed by atoms with E-state index in [-0.39, 0.29) is 5.56 Å². The van der Waals surface area contributed by atoms with Gasteiger partial charge in [0.25, 0.3) is 5.56 Å². The van der Waals surface area contributed by atoms with Gasteiger partial charge >= 0.3 is 0 Å². The summed E-state index contributed by atoms with van der Waals surface area (Å²) < 4.78 is 3.66. The number of hydrogen-bond acceptors (Lipinski definition) is 3. The second kappa shape index (κ2) is 6.06. The van der Waals surface area contributed by atoms with Gasteiger partial charge < -0.3 is 4.57 Å². The lowest BCUT2D eigenvalue weighted by Gasteiger charge is -2.17. The first kappa shape index (κ1) is 15.4. The van der Waals surface area contributed by atoms with Crippen molar-refractivity contribution in [3.8, 4) is 5.69 Å². The first-order chi connectivity index (χ1) is 11.7. The van der Waals surface area contributed by atoms with Crippen LogP contribution in [0.2, 0.25) is 5.02 Å². The molecule has 0 N–H and O–H groups in total. The molecular formula is C18H19ClN4O. The van der Waals surface area contributed by atoms with E-state index in [1.54, 1.807) is 23.0 Å². The van der Waals surface area contributed by atoms with Crippen LogP contribution in [0.25, 0.3) is 16.9 Å². The summed E-state index contributed by atoms with van der Waals surface area (Å²) in [6.07, 6.45) is 6.22. The number of fused-ring (bicyclic) bond motifs is 1. The maximum Gasteiger partial charge on any atom is 0.286 e. The molecule has 0 unspecified atom stereocenters. The lowest BCUT2D eigenvalue weighted by Crippen LogP contribution is -2.25. The third kappa shape index (κ3) is 2.44. The molecule has 24 heavy (non-hydrogen) atoms. The van der Waals surface area contributed by atoms with Gasteiger partial charge in [0.1, 0.15) is 5.82 Å². The Morgan fingerprint density at radius 2 is 1.92 bits per heavy atom. The largest absolute Gasteiger partial charge is 0.315 e. The quantitative estimate of drug-likeness (QED) is 0.725. The summed E-state index contributed by atoms with van der Waals surface area (Å²) in [6.45, 7) is 2.78. The van der Waals surface area contributed by atoms with Gasteiger partial charge in [0.05, 0.1) is 12.0 Å². The van der Waals surface area contributed by atoms with Crippen LogP contribution in [0.4, 0.5) is 0 Å². The van der Waals surface area contributed by atoms with Crippen molar-refractivity contribution in [3.63, 3.8) is 0 Å². The molecule has 6 heteroatoms. The van der Waals surface area contributed by atoms with Crippen LogP contribution in [0.1, 0.15) is 44.3 Å². The van der Waals surface area contributed by atoms with E-state index < -0.39 is 0 Å². The third-order valence-electron chi connectivity index (χ3n) is 4.81. The van der Waals surface area contributed by atoms with Crippen molar-refractivity contribution in [2.75, 3.05) is 0 Å². The lowest BCUT2D eigenvalue weighted by atomic mass is 10.1. The highest BCUT2D eigenvalue weighted by atomic mass is 35.5. The van der Waals surface area contributed by atoms with Gasteiger partial charge in [-0.15, -0.1) is 0 Å². The van der Waals surface area contributed by atoms with Crippen LogP contribution in [0, 0.1) is 0 Å².